The van der Waals surface area contributed by atoms with Crippen molar-refractivity contribution >= 4 is 34.1 Å². The summed E-state index contributed by atoms with van der Waals surface area (Å²) < 4.78 is 0. The molecule has 0 unspecified atom stereocenters. The molecule has 0 radical (unpaired) electrons. The zero-order chi connectivity index (χ0) is 10.8. The van der Waals surface area contributed by atoms with Crippen molar-refractivity contribution in [2.45, 2.75) is 6.54 Å². The summed E-state index contributed by atoms with van der Waals surface area (Å²) in [6, 6.07) is 5.29. The van der Waals surface area contributed by atoms with Crippen LogP contribution in [0.2, 0.25) is 10.0 Å². The molecule has 0 N–H and O–H groups in total. The number of nitrogens with zero attached hydrogens (tertiary/aromatic N) is 2. The predicted octanol–water partition coefficient (Wildman–Crippen LogP) is 3.81. The van der Waals surface area contributed by atoms with Crippen molar-refractivity contribution in [3.05, 3.63) is 44.9 Å². The van der Waals surface area contributed by atoms with E-state index in [2.05, 4.69) is 10.2 Å². The van der Waals surface area contributed by atoms with Crippen LogP contribution in [0.15, 0.2) is 29.6 Å². The summed E-state index contributed by atoms with van der Waals surface area (Å²) in [6.45, 7) is 0.0187. The fourth-order valence-electron chi connectivity index (χ4n) is 1.43. The lowest BCUT2D eigenvalue weighted by Crippen LogP contribution is -1.89. The Morgan fingerprint density at radius 3 is 2.87 bits per heavy atom. The zero-order valence-corrected chi connectivity index (χ0v) is 9.09. The van der Waals surface area contributed by atoms with Gasteiger partial charge in [-0.1, -0.05) is 34.4 Å². The molecule has 1 heterocycles. The summed E-state index contributed by atoms with van der Waals surface area (Å²) >= 11 is 11.8. The number of hydrogen-bond acceptors (Lipinski definition) is 3. The Bertz CT molecular complexity index is 528. The molecule has 0 spiro atoms. The van der Waals surface area contributed by atoms with Gasteiger partial charge in [-0.05, 0) is 12.1 Å². The van der Waals surface area contributed by atoms with E-state index in [1.807, 2.05) is 6.07 Å². The van der Waals surface area contributed by atoms with Crippen LogP contribution in [-0.2, 0) is 6.54 Å². The number of pyridine rings is 1. The normalized spacial score (nSPS) is 10.5. The van der Waals surface area contributed by atoms with Gasteiger partial charge in [0.05, 0.1) is 10.5 Å². The summed E-state index contributed by atoms with van der Waals surface area (Å²) in [6.07, 6.45) is 1.52. The van der Waals surface area contributed by atoms with E-state index >= 15 is 0 Å². The Morgan fingerprint density at radius 2 is 2.13 bits per heavy atom. The molecule has 0 bridgehead atoms. The van der Waals surface area contributed by atoms with Gasteiger partial charge in [-0.2, -0.15) is 4.91 Å². The standard InChI is InChI=1S/C10H6Cl2N2O/c11-7-3-6-1-2-9(12)8(5-14-15)10(6)13-4-7/h1-4H,5H2. The Balaban J connectivity index is 2.75. The molecule has 76 valence electrons. The molecule has 1 aromatic heterocycles. The van der Waals surface area contributed by atoms with Crippen molar-refractivity contribution in [1.82, 2.24) is 4.98 Å². The molecular formula is C10H6Cl2N2O. The van der Waals surface area contributed by atoms with Gasteiger partial charge in [-0.15, -0.1) is 0 Å². The van der Waals surface area contributed by atoms with Crippen molar-refractivity contribution in [2.75, 3.05) is 0 Å². The van der Waals surface area contributed by atoms with E-state index in [-0.39, 0.29) is 6.54 Å². The first kappa shape index (κ1) is 10.3. The van der Waals surface area contributed by atoms with E-state index in [1.54, 1.807) is 12.1 Å². The number of hydrogen-bond donors (Lipinski definition) is 0. The third-order valence-corrected chi connectivity index (χ3v) is 2.65. The van der Waals surface area contributed by atoms with Gasteiger partial charge in [0.2, 0.25) is 0 Å². The van der Waals surface area contributed by atoms with Crippen LogP contribution in [0.25, 0.3) is 10.9 Å². The molecular weight excluding hydrogens is 235 g/mol. The second-order valence-electron chi connectivity index (χ2n) is 3.04. The van der Waals surface area contributed by atoms with Crippen molar-refractivity contribution in [3.8, 4) is 0 Å². The average Bonchev–Trinajstić information content (AvgIpc) is 2.22. The number of fused-ring (bicyclic) bond motifs is 1. The van der Waals surface area contributed by atoms with Gasteiger partial charge in [-0.3, -0.25) is 4.98 Å². The maximum Gasteiger partial charge on any atom is 0.110 e. The van der Waals surface area contributed by atoms with Crippen molar-refractivity contribution in [2.24, 2.45) is 5.18 Å². The number of rotatable bonds is 2. The minimum atomic E-state index is 0.0187. The molecule has 0 saturated heterocycles. The molecule has 3 nitrogen and oxygen atoms in total. The number of aromatic nitrogens is 1. The van der Waals surface area contributed by atoms with Gasteiger partial charge in [0.1, 0.15) is 6.54 Å². The molecule has 1 aromatic carbocycles. The Morgan fingerprint density at radius 1 is 1.33 bits per heavy atom. The summed E-state index contributed by atoms with van der Waals surface area (Å²) in [5.41, 5.74) is 1.31. The minimum absolute atomic E-state index is 0.0187. The molecule has 0 aliphatic rings. The second kappa shape index (κ2) is 4.13. The molecule has 0 amide bonds. The van der Waals surface area contributed by atoms with Crippen LogP contribution in [0.3, 0.4) is 0 Å². The third kappa shape index (κ3) is 1.94. The molecule has 5 heteroatoms. The van der Waals surface area contributed by atoms with Gasteiger partial charge in [0.25, 0.3) is 0 Å². The van der Waals surface area contributed by atoms with Gasteiger partial charge in [-0.25, -0.2) is 0 Å². The topological polar surface area (TPSA) is 42.3 Å². The predicted molar refractivity (Wildman–Crippen MR) is 61.3 cm³/mol. The van der Waals surface area contributed by atoms with Gasteiger partial charge in [0.15, 0.2) is 0 Å². The first-order valence-electron chi connectivity index (χ1n) is 4.24. The molecule has 0 aliphatic carbocycles. The largest absolute Gasteiger partial charge is 0.254 e. The molecule has 2 rings (SSSR count). The molecule has 0 aliphatic heterocycles. The molecule has 2 aromatic rings. The van der Waals surface area contributed by atoms with Gasteiger partial charge < -0.3 is 0 Å². The maximum absolute atomic E-state index is 10.3. The van der Waals surface area contributed by atoms with E-state index in [9.17, 15) is 4.91 Å². The number of halogens is 2. The number of nitroso groups, excluding NO2 is 1. The lowest BCUT2D eigenvalue weighted by Gasteiger charge is -2.04. The quantitative estimate of drug-likeness (QED) is 0.750. The van der Waals surface area contributed by atoms with E-state index in [4.69, 9.17) is 23.2 Å². The minimum Gasteiger partial charge on any atom is -0.254 e. The summed E-state index contributed by atoms with van der Waals surface area (Å²) in [4.78, 5) is 14.4. The third-order valence-electron chi connectivity index (χ3n) is 2.09. The van der Waals surface area contributed by atoms with Crippen LogP contribution in [0, 0.1) is 4.91 Å². The van der Waals surface area contributed by atoms with E-state index in [0.29, 0.717) is 21.1 Å². The second-order valence-corrected chi connectivity index (χ2v) is 3.88. The van der Waals surface area contributed by atoms with Crippen LogP contribution in [0.5, 0.6) is 0 Å². The summed E-state index contributed by atoms with van der Waals surface area (Å²) in [5.74, 6) is 0. The van der Waals surface area contributed by atoms with Crippen LogP contribution < -0.4 is 0 Å². The fourth-order valence-corrected chi connectivity index (χ4v) is 1.80. The Hall–Kier alpha value is -1.19. The van der Waals surface area contributed by atoms with E-state index in [0.717, 1.165) is 5.39 Å². The SMILES string of the molecule is O=NCc1c(Cl)ccc2cc(Cl)cnc12. The van der Waals surface area contributed by atoms with Crippen LogP contribution in [-0.4, -0.2) is 4.98 Å². The van der Waals surface area contributed by atoms with Crippen molar-refractivity contribution < 1.29 is 0 Å². The maximum atomic E-state index is 10.3. The Kier molecular flexibility index (Phi) is 2.84. The highest BCUT2D eigenvalue weighted by atomic mass is 35.5. The summed E-state index contributed by atoms with van der Waals surface area (Å²) in [7, 11) is 0. The van der Waals surface area contributed by atoms with Crippen LogP contribution in [0.1, 0.15) is 5.56 Å². The average molecular weight is 241 g/mol. The van der Waals surface area contributed by atoms with E-state index in [1.165, 1.54) is 6.20 Å². The molecule has 15 heavy (non-hydrogen) atoms. The molecule has 0 saturated carbocycles. The summed E-state index contributed by atoms with van der Waals surface area (Å²) in [5, 5.41) is 4.73. The molecule has 0 atom stereocenters. The van der Waals surface area contributed by atoms with Gasteiger partial charge in [0, 0.05) is 22.2 Å². The van der Waals surface area contributed by atoms with Crippen molar-refractivity contribution in [3.63, 3.8) is 0 Å². The first-order chi connectivity index (χ1) is 7.22. The van der Waals surface area contributed by atoms with Crippen LogP contribution in [0.4, 0.5) is 0 Å². The first-order valence-corrected chi connectivity index (χ1v) is 4.99. The highest BCUT2D eigenvalue weighted by Crippen LogP contribution is 2.26. The molecule has 0 fully saturated rings. The number of benzene rings is 1. The zero-order valence-electron chi connectivity index (χ0n) is 7.58. The monoisotopic (exact) mass is 240 g/mol. The highest BCUT2D eigenvalue weighted by Gasteiger charge is 2.07. The van der Waals surface area contributed by atoms with E-state index < -0.39 is 0 Å². The lowest BCUT2D eigenvalue weighted by atomic mass is 10.1. The van der Waals surface area contributed by atoms with Crippen LogP contribution >= 0.6 is 23.2 Å². The highest BCUT2D eigenvalue weighted by molar-refractivity contribution is 6.33. The smallest absolute Gasteiger partial charge is 0.110 e. The lowest BCUT2D eigenvalue weighted by molar-refractivity contribution is 1.06. The fraction of sp³-hybridized carbons (Fsp3) is 0.100. The Labute approximate surface area is 96.0 Å². The van der Waals surface area contributed by atoms with Crippen molar-refractivity contribution in [1.29, 1.82) is 0 Å². The van der Waals surface area contributed by atoms with Gasteiger partial charge >= 0.3 is 0 Å².